The van der Waals surface area contributed by atoms with Crippen molar-refractivity contribution in [3.05, 3.63) is 27.3 Å². The van der Waals surface area contributed by atoms with E-state index in [-0.39, 0.29) is 11.1 Å². The lowest BCUT2D eigenvalue weighted by atomic mass is 10.4. The molecular weight excluding hydrogens is 218 g/mol. The van der Waals surface area contributed by atoms with Gasteiger partial charge in [-0.05, 0) is 29.3 Å². The quantitative estimate of drug-likeness (QED) is 0.689. The van der Waals surface area contributed by atoms with E-state index in [9.17, 15) is 9.59 Å². The number of imide groups is 1. The number of amides is 2. The van der Waals surface area contributed by atoms with Gasteiger partial charge in [0, 0.05) is 11.9 Å². The highest BCUT2D eigenvalue weighted by molar-refractivity contribution is 8.18. The molecule has 14 heavy (non-hydrogen) atoms. The Morgan fingerprint density at radius 2 is 2.21 bits per heavy atom. The van der Waals surface area contributed by atoms with E-state index in [1.807, 2.05) is 17.5 Å². The van der Waals surface area contributed by atoms with Crippen LogP contribution in [0.25, 0.3) is 6.08 Å². The first-order valence-electron chi connectivity index (χ1n) is 3.93. The highest BCUT2D eigenvalue weighted by Gasteiger charge is 2.31. The molecule has 1 aromatic heterocycles. The number of thioether (sulfide) groups is 1. The van der Waals surface area contributed by atoms with Crippen molar-refractivity contribution >= 4 is 40.3 Å². The standard InChI is InChI=1S/C9H7NO2S2/c1-10-8(11)7(14-9(10)12)5-6-3-2-4-13-6/h2-5H,1H3/b7-5-. The zero-order valence-electron chi connectivity index (χ0n) is 7.39. The van der Waals surface area contributed by atoms with Gasteiger partial charge in [0.25, 0.3) is 11.1 Å². The number of nitrogens with zero attached hydrogens (tertiary/aromatic N) is 1. The largest absolute Gasteiger partial charge is 0.293 e. The molecule has 2 amide bonds. The third-order valence-electron chi connectivity index (χ3n) is 1.80. The van der Waals surface area contributed by atoms with Crippen LogP contribution in [0.4, 0.5) is 4.79 Å². The average molecular weight is 225 g/mol. The molecule has 3 nitrogen and oxygen atoms in total. The van der Waals surface area contributed by atoms with Crippen molar-refractivity contribution < 1.29 is 9.59 Å². The molecule has 0 unspecified atom stereocenters. The molecule has 0 aliphatic carbocycles. The summed E-state index contributed by atoms with van der Waals surface area (Å²) in [6.45, 7) is 0. The first-order valence-corrected chi connectivity index (χ1v) is 5.63. The van der Waals surface area contributed by atoms with Crippen LogP contribution < -0.4 is 0 Å². The zero-order chi connectivity index (χ0) is 10.1. The molecule has 0 bridgehead atoms. The van der Waals surface area contributed by atoms with Crippen molar-refractivity contribution in [2.75, 3.05) is 7.05 Å². The molecular formula is C9H7NO2S2. The van der Waals surface area contributed by atoms with Crippen LogP contribution in [0.3, 0.4) is 0 Å². The van der Waals surface area contributed by atoms with E-state index in [0.717, 1.165) is 21.5 Å². The summed E-state index contributed by atoms with van der Waals surface area (Å²) in [6.07, 6.45) is 1.75. The van der Waals surface area contributed by atoms with Crippen LogP contribution in [-0.2, 0) is 4.79 Å². The number of hydrogen-bond donors (Lipinski definition) is 0. The summed E-state index contributed by atoms with van der Waals surface area (Å²) in [5, 5.41) is 1.72. The lowest BCUT2D eigenvalue weighted by Crippen LogP contribution is -2.22. The van der Waals surface area contributed by atoms with Crippen molar-refractivity contribution in [1.29, 1.82) is 0 Å². The highest BCUT2D eigenvalue weighted by atomic mass is 32.2. The fourth-order valence-corrected chi connectivity index (χ4v) is 2.60. The maximum Gasteiger partial charge on any atom is 0.293 e. The summed E-state index contributed by atoms with van der Waals surface area (Å²) in [4.78, 5) is 25.2. The third kappa shape index (κ3) is 1.60. The molecule has 0 aromatic carbocycles. The summed E-state index contributed by atoms with van der Waals surface area (Å²) in [7, 11) is 1.49. The SMILES string of the molecule is CN1C(=O)S/C(=C\c2cccs2)C1=O. The first-order chi connectivity index (χ1) is 6.68. The molecule has 72 valence electrons. The number of carbonyl (C=O) groups is 2. The number of thiophene rings is 1. The second-order valence-electron chi connectivity index (χ2n) is 2.76. The first kappa shape index (κ1) is 9.48. The fraction of sp³-hybridized carbons (Fsp3) is 0.111. The van der Waals surface area contributed by atoms with Crippen LogP contribution in [0.2, 0.25) is 0 Å². The van der Waals surface area contributed by atoms with Crippen LogP contribution >= 0.6 is 23.1 Å². The second kappa shape index (κ2) is 3.59. The van der Waals surface area contributed by atoms with Crippen LogP contribution in [0.1, 0.15) is 4.88 Å². The Morgan fingerprint density at radius 3 is 2.71 bits per heavy atom. The van der Waals surface area contributed by atoms with Gasteiger partial charge < -0.3 is 0 Å². The molecule has 1 aromatic rings. The Kier molecular flexibility index (Phi) is 2.43. The van der Waals surface area contributed by atoms with Crippen molar-refractivity contribution in [2.45, 2.75) is 0 Å². The minimum atomic E-state index is -0.214. The summed E-state index contributed by atoms with van der Waals surface area (Å²) < 4.78 is 0. The van der Waals surface area contributed by atoms with Crippen LogP contribution in [0.15, 0.2) is 22.4 Å². The third-order valence-corrected chi connectivity index (χ3v) is 3.58. The fourth-order valence-electron chi connectivity index (χ4n) is 1.05. The van der Waals surface area contributed by atoms with Crippen molar-refractivity contribution in [3.8, 4) is 0 Å². The Morgan fingerprint density at radius 1 is 1.43 bits per heavy atom. The predicted octanol–water partition coefficient (Wildman–Crippen LogP) is 2.41. The Labute approximate surface area is 89.4 Å². The zero-order valence-corrected chi connectivity index (χ0v) is 9.02. The summed E-state index contributed by atoms with van der Waals surface area (Å²) in [6, 6.07) is 3.82. The topological polar surface area (TPSA) is 37.4 Å². The summed E-state index contributed by atoms with van der Waals surface area (Å²) in [5.74, 6) is -0.214. The maximum absolute atomic E-state index is 11.5. The number of hydrogen-bond acceptors (Lipinski definition) is 4. The predicted molar refractivity (Wildman–Crippen MR) is 58.1 cm³/mol. The molecule has 1 aliphatic heterocycles. The number of likely N-dealkylation sites (N-methyl/N-ethyl adjacent to an activating group) is 1. The summed E-state index contributed by atoms with van der Waals surface area (Å²) >= 11 is 2.53. The van der Waals surface area contributed by atoms with E-state index in [2.05, 4.69) is 0 Å². The highest BCUT2D eigenvalue weighted by Crippen LogP contribution is 2.31. The summed E-state index contributed by atoms with van der Waals surface area (Å²) in [5.41, 5.74) is 0. The minimum Gasteiger partial charge on any atom is -0.272 e. The van der Waals surface area contributed by atoms with E-state index >= 15 is 0 Å². The van der Waals surface area contributed by atoms with Crippen molar-refractivity contribution in [3.63, 3.8) is 0 Å². The number of carbonyl (C=O) groups excluding carboxylic acids is 2. The van der Waals surface area contributed by atoms with E-state index < -0.39 is 0 Å². The lowest BCUT2D eigenvalue weighted by molar-refractivity contribution is -0.121. The Balaban J connectivity index is 2.29. The monoisotopic (exact) mass is 225 g/mol. The van der Waals surface area contributed by atoms with E-state index in [4.69, 9.17) is 0 Å². The van der Waals surface area contributed by atoms with Crippen molar-refractivity contribution in [2.24, 2.45) is 0 Å². The van der Waals surface area contributed by atoms with Gasteiger partial charge in [-0.2, -0.15) is 0 Å². The normalized spacial score (nSPS) is 19.8. The minimum absolute atomic E-state index is 0.210. The molecule has 0 radical (unpaired) electrons. The molecule has 0 N–H and O–H groups in total. The van der Waals surface area contributed by atoms with Gasteiger partial charge in [0.1, 0.15) is 0 Å². The molecule has 1 saturated heterocycles. The molecule has 5 heteroatoms. The maximum atomic E-state index is 11.5. The molecule has 2 heterocycles. The van der Waals surface area contributed by atoms with Gasteiger partial charge >= 0.3 is 0 Å². The molecule has 1 fully saturated rings. The second-order valence-corrected chi connectivity index (χ2v) is 4.73. The van der Waals surface area contributed by atoms with Crippen LogP contribution in [-0.4, -0.2) is 23.1 Å². The van der Waals surface area contributed by atoms with Crippen molar-refractivity contribution in [1.82, 2.24) is 4.90 Å². The molecule has 1 aliphatic rings. The van der Waals surface area contributed by atoms with Gasteiger partial charge in [-0.1, -0.05) is 6.07 Å². The van der Waals surface area contributed by atoms with Crippen LogP contribution in [0, 0.1) is 0 Å². The van der Waals surface area contributed by atoms with Gasteiger partial charge in [0.2, 0.25) is 0 Å². The van der Waals surface area contributed by atoms with Gasteiger partial charge in [0.05, 0.1) is 4.91 Å². The Hall–Kier alpha value is -1.07. The van der Waals surface area contributed by atoms with E-state index in [0.29, 0.717) is 4.91 Å². The average Bonchev–Trinajstić information content (AvgIpc) is 2.73. The van der Waals surface area contributed by atoms with Gasteiger partial charge in [0.15, 0.2) is 0 Å². The molecule has 0 spiro atoms. The van der Waals surface area contributed by atoms with E-state index in [1.54, 1.807) is 17.4 Å². The molecule has 0 saturated carbocycles. The van der Waals surface area contributed by atoms with Crippen LogP contribution in [0.5, 0.6) is 0 Å². The Bertz CT molecular complexity index is 408. The number of rotatable bonds is 1. The molecule has 0 atom stereocenters. The van der Waals surface area contributed by atoms with Gasteiger partial charge in [-0.3, -0.25) is 14.5 Å². The smallest absolute Gasteiger partial charge is 0.272 e. The van der Waals surface area contributed by atoms with E-state index in [1.165, 1.54) is 7.05 Å². The van der Waals surface area contributed by atoms with Gasteiger partial charge in [-0.15, -0.1) is 11.3 Å². The lowest BCUT2D eigenvalue weighted by Gasteiger charge is -2.00. The molecule has 2 rings (SSSR count). The van der Waals surface area contributed by atoms with Gasteiger partial charge in [-0.25, -0.2) is 0 Å².